The Kier molecular flexibility index (Phi) is 3.75. The van der Waals surface area contributed by atoms with Crippen LogP contribution in [0.4, 0.5) is 11.6 Å². The molecule has 2 heterocycles. The smallest absolute Gasteiger partial charge is 0.182 e. The molecule has 0 saturated carbocycles. The summed E-state index contributed by atoms with van der Waals surface area (Å²) in [6.07, 6.45) is 3.43. The molecular weight excluding hydrogens is 264 g/mol. The zero-order valence-corrected chi connectivity index (χ0v) is 12.6. The van der Waals surface area contributed by atoms with E-state index < -0.39 is 9.84 Å². The van der Waals surface area contributed by atoms with Crippen molar-refractivity contribution in [1.82, 2.24) is 9.78 Å². The highest BCUT2D eigenvalue weighted by Gasteiger charge is 2.29. The summed E-state index contributed by atoms with van der Waals surface area (Å²) in [5.41, 5.74) is 5.94. The molecule has 0 aliphatic carbocycles. The van der Waals surface area contributed by atoms with E-state index in [1.54, 1.807) is 4.68 Å². The van der Waals surface area contributed by atoms with Gasteiger partial charge in [0.05, 0.1) is 0 Å². The first-order valence-corrected chi connectivity index (χ1v) is 8.55. The average Bonchev–Trinajstić information content (AvgIpc) is 2.66. The minimum Gasteiger partial charge on any atom is -0.383 e. The van der Waals surface area contributed by atoms with Crippen LogP contribution in [0, 0.1) is 5.92 Å². The van der Waals surface area contributed by atoms with Crippen molar-refractivity contribution in [2.45, 2.75) is 38.1 Å². The lowest BCUT2D eigenvalue weighted by Crippen LogP contribution is -2.35. The summed E-state index contributed by atoms with van der Waals surface area (Å²) >= 11 is 0. The minimum absolute atomic E-state index is 0.184. The van der Waals surface area contributed by atoms with Crippen LogP contribution in [0.2, 0.25) is 0 Å². The predicted molar refractivity (Wildman–Crippen MR) is 76.0 cm³/mol. The predicted octanol–water partition coefficient (Wildman–Crippen LogP) is 1.12. The lowest BCUT2D eigenvalue weighted by atomic mass is 10.0. The summed E-state index contributed by atoms with van der Waals surface area (Å²) in [5, 5.41) is 4.39. The molecule has 1 atom stereocenters. The first kappa shape index (κ1) is 14.2. The normalized spacial score (nSPS) is 20.8. The Morgan fingerprint density at radius 2 is 2.16 bits per heavy atom. The van der Waals surface area contributed by atoms with Crippen LogP contribution in [-0.2, 0) is 16.4 Å². The van der Waals surface area contributed by atoms with Crippen LogP contribution in [0.3, 0.4) is 0 Å². The summed E-state index contributed by atoms with van der Waals surface area (Å²) in [7, 11) is -3.37. The van der Waals surface area contributed by atoms with Crippen LogP contribution in [0.5, 0.6) is 0 Å². The van der Waals surface area contributed by atoms with Gasteiger partial charge in [0.2, 0.25) is 0 Å². The first-order chi connectivity index (χ1) is 8.84. The Hall–Kier alpha value is -1.24. The van der Waals surface area contributed by atoms with Crippen molar-refractivity contribution in [2.24, 2.45) is 5.92 Å². The van der Waals surface area contributed by atoms with E-state index in [2.05, 4.69) is 12.0 Å². The van der Waals surface area contributed by atoms with Gasteiger partial charge in [0.25, 0.3) is 0 Å². The van der Waals surface area contributed by atoms with Gasteiger partial charge < -0.3 is 10.6 Å². The number of anilines is 2. The van der Waals surface area contributed by atoms with Gasteiger partial charge in [-0.2, -0.15) is 5.10 Å². The summed E-state index contributed by atoms with van der Waals surface area (Å²) in [6.45, 7) is 6.32. The van der Waals surface area contributed by atoms with Crippen LogP contribution in [-0.4, -0.2) is 37.5 Å². The second-order valence-corrected chi connectivity index (χ2v) is 7.27. The molecule has 0 amide bonds. The zero-order chi connectivity index (χ0) is 14.2. The molecule has 1 unspecified atom stereocenters. The third-order valence-electron chi connectivity index (χ3n) is 3.56. The standard InChI is InChI=1S/C12H22N4O2S/c1-4-16-11(13)10(19(3,17)18)12(14-16)15-7-5-6-9(2)8-15/h9H,4-8,13H2,1-3H3. The molecule has 1 aromatic rings. The first-order valence-electron chi connectivity index (χ1n) is 6.65. The van der Waals surface area contributed by atoms with Crippen molar-refractivity contribution in [2.75, 3.05) is 30.0 Å². The fraction of sp³-hybridized carbons (Fsp3) is 0.750. The topological polar surface area (TPSA) is 81.2 Å². The quantitative estimate of drug-likeness (QED) is 0.900. The van der Waals surface area contributed by atoms with Gasteiger partial charge in [-0.1, -0.05) is 6.92 Å². The molecule has 0 radical (unpaired) electrons. The van der Waals surface area contributed by atoms with Crippen molar-refractivity contribution in [3.63, 3.8) is 0 Å². The lowest BCUT2D eigenvalue weighted by Gasteiger charge is -2.31. The number of sulfone groups is 1. The number of nitrogens with two attached hydrogens (primary N) is 1. The Morgan fingerprint density at radius 1 is 1.47 bits per heavy atom. The highest BCUT2D eigenvalue weighted by molar-refractivity contribution is 7.91. The number of aromatic nitrogens is 2. The minimum atomic E-state index is -3.37. The van der Waals surface area contributed by atoms with Crippen LogP contribution >= 0.6 is 0 Å². The molecule has 0 bridgehead atoms. The maximum atomic E-state index is 12.0. The van der Waals surface area contributed by atoms with Gasteiger partial charge in [0.15, 0.2) is 20.6 Å². The molecule has 1 aliphatic heterocycles. The molecule has 1 saturated heterocycles. The van der Waals surface area contributed by atoms with Gasteiger partial charge in [-0.05, 0) is 25.7 Å². The molecule has 1 aromatic heterocycles. The maximum Gasteiger partial charge on any atom is 0.182 e. The Balaban J connectivity index is 2.50. The van der Waals surface area contributed by atoms with Crippen molar-refractivity contribution in [3.8, 4) is 0 Å². The largest absolute Gasteiger partial charge is 0.383 e. The average molecular weight is 286 g/mol. The number of hydrogen-bond acceptors (Lipinski definition) is 5. The van der Waals surface area contributed by atoms with E-state index in [1.165, 1.54) is 12.7 Å². The van der Waals surface area contributed by atoms with Gasteiger partial charge in [-0.15, -0.1) is 0 Å². The van der Waals surface area contributed by atoms with Crippen molar-refractivity contribution in [3.05, 3.63) is 0 Å². The summed E-state index contributed by atoms with van der Waals surface area (Å²) < 4.78 is 25.5. The van der Waals surface area contributed by atoms with E-state index in [1.807, 2.05) is 11.8 Å². The van der Waals surface area contributed by atoms with Crippen molar-refractivity contribution < 1.29 is 8.42 Å². The Bertz CT molecular complexity index is 565. The van der Waals surface area contributed by atoms with Gasteiger partial charge in [0.1, 0.15) is 5.82 Å². The van der Waals surface area contributed by atoms with Crippen LogP contribution in [0.1, 0.15) is 26.7 Å². The second kappa shape index (κ2) is 5.03. The number of nitrogen functional groups attached to an aromatic ring is 1. The lowest BCUT2D eigenvalue weighted by molar-refractivity contribution is 0.441. The third kappa shape index (κ3) is 2.70. The van der Waals surface area contributed by atoms with Crippen LogP contribution in [0.25, 0.3) is 0 Å². The monoisotopic (exact) mass is 286 g/mol. The molecule has 1 aliphatic rings. The summed E-state index contributed by atoms with van der Waals surface area (Å²) in [6, 6.07) is 0. The molecule has 2 rings (SSSR count). The Labute approximate surface area is 114 Å². The van der Waals surface area contributed by atoms with E-state index in [4.69, 9.17) is 5.73 Å². The summed E-state index contributed by atoms with van der Waals surface area (Å²) in [5.74, 6) is 1.32. The van der Waals surface area contributed by atoms with Crippen LogP contribution < -0.4 is 10.6 Å². The van der Waals surface area contributed by atoms with Crippen molar-refractivity contribution in [1.29, 1.82) is 0 Å². The zero-order valence-electron chi connectivity index (χ0n) is 11.8. The summed E-state index contributed by atoms with van der Waals surface area (Å²) in [4.78, 5) is 2.23. The number of piperidine rings is 1. The van der Waals surface area contributed by atoms with Gasteiger partial charge in [-0.3, -0.25) is 0 Å². The third-order valence-corrected chi connectivity index (χ3v) is 4.69. The van der Waals surface area contributed by atoms with E-state index in [9.17, 15) is 8.42 Å². The number of aryl methyl sites for hydroxylation is 1. The number of nitrogens with zero attached hydrogens (tertiary/aromatic N) is 3. The second-order valence-electron chi connectivity index (χ2n) is 5.32. The van der Waals surface area contributed by atoms with E-state index in [0.717, 1.165) is 19.5 Å². The maximum absolute atomic E-state index is 12.0. The fourth-order valence-electron chi connectivity index (χ4n) is 2.63. The number of rotatable bonds is 3. The molecule has 108 valence electrons. The van der Waals surface area contributed by atoms with Gasteiger partial charge >= 0.3 is 0 Å². The molecule has 0 aromatic carbocycles. The SMILES string of the molecule is CCn1nc(N2CCCC(C)C2)c(S(C)(=O)=O)c1N. The molecule has 7 heteroatoms. The molecule has 0 spiro atoms. The van der Waals surface area contributed by atoms with E-state index in [-0.39, 0.29) is 10.7 Å². The van der Waals surface area contributed by atoms with Gasteiger partial charge in [0, 0.05) is 25.9 Å². The number of hydrogen-bond donors (Lipinski definition) is 1. The van der Waals surface area contributed by atoms with Crippen molar-refractivity contribution >= 4 is 21.5 Å². The highest BCUT2D eigenvalue weighted by Crippen LogP contribution is 2.32. The van der Waals surface area contributed by atoms with E-state index in [0.29, 0.717) is 18.3 Å². The fourth-order valence-corrected chi connectivity index (χ4v) is 3.62. The molecule has 19 heavy (non-hydrogen) atoms. The molecule has 1 fully saturated rings. The Morgan fingerprint density at radius 3 is 2.68 bits per heavy atom. The molecular formula is C12H22N4O2S. The molecule has 6 nitrogen and oxygen atoms in total. The van der Waals surface area contributed by atoms with Gasteiger partial charge in [-0.25, -0.2) is 13.1 Å². The van der Waals surface area contributed by atoms with Crippen LogP contribution in [0.15, 0.2) is 4.90 Å². The van der Waals surface area contributed by atoms with E-state index >= 15 is 0 Å². The highest BCUT2D eigenvalue weighted by atomic mass is 32.2. The molecule has 2 N–H and O–H groups in total.